The van der Waals surface area contributed by atoms with Crippen molar-refractivity contribution in [3.8, 4) is 0 Å². The number of amides is 1. The number of rotatable bonds is 63. The molecule has 0 aromatic carbocycles. The lowest BCUT2D eigenvalue weighted by molar-refractivity contribution is -0.124. The van der Waals surface area contributed by atoms with Crippen molar-refractivity contribution in [2.45, 2.75) is 398 Å². The van der Waals surface area contributed by atoms with Crippen molar-refractivity contribution in [1.82, 2.24) is 5.32 Å². The Hall–Kier alpha value is -1.17. The Morgan fingerprint density at radius 3 is 0.836 bits per heavy atom. The zero-order chi connectivity index (χ0) is 52.9. The second kappa shape index (κ2) is 63.4. The van der Waals surface area contributed by atoms with E-state index in [2.05, 4.69) is 31.3 Å². The molecule has 3 atom stereocenters. The summed E-state index contributed by atoms with van der Waals surface area (Å²) in [6, 6.07) is -0.744. The fourth-order valence-corrected chi connectivity index (χ4v) is 10.9. The quantitative estimate of drug-likeness (QED) is 0.0361. The molecule has 0 aromatic heterocycles. The van der Waals surface area contributed by atoms with Crippen molar-refractivity contribution in [1.29, 1.82) is 0 Å². The van der Waals surface area contributed by atoms with Crippen LogP contribution in [0.2, 0.25) is 0 Å². The topological polar surface area (TPSA) is 89.8 Å². The Labute approximate surface area is 458 Å². The van der Waals surface area contributed by atoms with Crippen LogP contribution >= 0.6 is 0 Å². The van der Waals surface area contributed by atoms with Crippen LogP contribution in [0, 0.1) is 0 Å². The molecule has 0 aliphatic carbocycles. The highest BCUT2D eigenvalue weighted by Crippen LogP contribution is 2.19. The SMILES string of the molecule is CCCCCCCCCCCCCCCC/C=C\CCCCCCCCCCCCCCCCCC(O)CC(=O)NC(CO)C(O)/C=C/CCCCCCCCCCCCCCCCCCCCCCCCC. The van der Waals surface area contributed by atoms with Gasteiger partial charge in [0.25, 0.3) is 0 Å². The van der Waals surface area contributed by atoms with Gasteiger partial charge < -0.3 is 20.6 Å². The van der Waals surface area contributed by atoms with Crippen LogP contribution in [0.1, 0.15) is 380 Å². The summed E-state index contributed by atoms with van der Waals surface area (Å²) in [7, 11) is 0. The molecule has 1 amide bonds. The molecule has 0 spiro atoms. The summed E-state index contributed by atoms with van der Waals surface area (Å²) in [5.41, 5.74) is 0. The molecule has 5 heteroatoms. The van der Waals surface area contributed by atoms with Crippen molar-refractivity contribution < 1.29 is 20.1 Å². The molecule has 0 rings (SSSR count). The van der Waals surface area contributed by atoms with E-state index in [0.29, 0.717) is 6.42 Å². The van der Waals surface area contributed by atoms with Gasteiger partial charge in [0.1, 0.15) is 0 Å². The summed E-state index contributed by atoms with van der Waals surface area (Å²) in [5.74, 6) is -0.308. The van der Waals surface area contributed by atoms with Gasteiger partial charge in [0.2, 0.25) is 5.91 Å². The predicted octanol–water partition coefficient (Wildman–Crippen LogP) is 21.6. The minimum absolute atomic E-state index is 0.0175. The number of nitrogens with one attached hydrogen (secondary N) is 1. The van der Waals surface area contributed by atoms with Crippen LogP contribution in [0.15, 0.2) is 24.3 Å². The van der Waals surface area contributed by atoms with Crippen LogP contribution in [0.5, 0.6) is 0 Å². The standard InChI is InChI=1S/C68H133NO4/c1-3-5-7-9-11-13-15-17-19-21-23-25-27-29-30-31-32-33-34-35-36-38-39-41-43-45-47-49-51-53-55-57-59-61-65(71)63-68(73)69-66(64-70)67(72)62-60-58-56-54-52-50-48-46-44-42-40-37-28-26-24-22-20-18-16-14-12-10-8-6-4-2/h31-32,60,62,65-67,70-72H,3-30,33-59,61,63-64H2,1-2H3,(H,69,73)/b32-31-,62-60+. The van der Waals surface area contributed by atoms with Gasteiger partial charge in [-0.3, -0.25) is 4.79 Å². The minimum Gasteiger partial charge on any atom is -0.394 e. The molecule has 73 heavy (non-hydrogen) atoms. The molecule has 3 unspecified atom stereocenters. The van der Waals surface area contributed by atoms with Crippen LogP contribution in [-0.4, -0.2) is 46.1 Å². The number of allylic oxidation sites excluding steroid dienone is 3. The van der Waals surface area contributed by atoms with E-state index in [4.69, 9.17) is 0 Å². The van der Waals surface area contributed by atoms with Gasteiger partial charge in [0, 0.05) is 0 Å². The van der Waals surface area contributed by atoms with E-state index in [-0.39, 0.29) is 18.9 Å². The van der Waals surface area contributed by atoms with Crippen LogP contribution in [0.3, 0.4) is 0 Å². The molecular formula is C68H133NO4. The van der Waals surface area contributed by atoms with Gasteiger partial charge in [-0.15, -0.1) is 0 Å². The number of unbranched alkanes of at least 4 members (excludes halogenated alkanes) is 52. The summed E-state index contributed by atoms with van der Waals surface area (Å²) >= 11 is 0. The third-order valence-corrected chi connectivity index (χ3v) is 16.0. The number of hydrogen-bond acceptors (Lipinski definition) is 4. The van der Waals surface area contributed by atoms with E-state index < -0.39 is 18.2 Å². The van der Waals surface area contributed by atoms with E-state index in [1.54, 1.807) is 6.08 Å². The third-order valence-electron chi connectivity index (χ3n) is 16.0. The zero-order valence-electron chi connectivity index (χ0n) is 49.8. The average molecular weight is 1030 g/mol. The first kappa shape index (κ1) is 71.8. The Morgan fingerprint density at radius 2 is 0.575 bits per heavy atom. The maximum Gasteiger partial charge on any atom is 0.222 e. The number of carbonyl (C=O) groups is 1. The lowest BCUT2D eigenvalue weighted by Gasteiger charge is -2.21. The van der Waals surface area contributed by atoms with Gasteiger partial charge in [-0.1, -0.05) is 353 Å². The molecule has 0 heterocycles. The van der Waals surface area contributed by atoms with E-state index in [9.17, 15) is 20.1 Å². The van der Waals surface area contributed by atoms with E-state index in [1.807, 2.05) is 6.08 Å². The largest absolute Gasteiger partial charge is 0.394 e. The summed E-state index contributed by atoms with van der Waals surface area (Å²) in [6.07, 6.45) is 82.8. The van der Waals surface area contributed by atoms with Gasteiger partial charge in [-0.2, -0.15) is 0 Å². The van der Waals surface area contributed by atoms with Gasteiger partial charge in [-0.05, 0) is 44.9 Å². The minimum atomic E-state index is -0.929. The molecule has 4 N–H and O–H groups in total. The second-order valence-electron chi connectivity index (χ2n) is 23.4. The number of aliphatic hydroxyl groups excluding tert-OH is 3. The lowest BCUT2D eigenvalue weighted by atomic mass is 10.0. The third kappa shape index (κ3) is 59.9. The summed E-state index contributed by atoms with van der Waals surface area (Å²) < 4.78 is 0. The number of carbonyl (C=O) groups excluding carboxylic acids is 1. The fourth-order valence-electron chi connectivity index (χ4n) is 10.9. The lowest BCUT2D eigenvalue weighted by Crippen LogP contribution is -2.45. The molecule has 0 aliphatic rings. The highest BCUT2D eigenvalue weighted by molar-refractivity contribution is 5.76. The summed E-state index contributed by atoms with van der Waals surface area (Å²) in [4.78, 5) is 12.6. The molecule has 5 nitrogen and oxygen atoms in total. The highest BCUT2D eigenvalue weighted by atomic mass is 16.3. The molecule has 0 fully saturated rings. The van der Waals surface area contributed by atoms with Gasteiger partial charge in [0.05, 0.1) is 31.3 Å². The molecule has 0 aromatic rings. The zero-order valence-corrected chi connectivity index (χ0v) is 49.8. The molecular weight excluding hydrogens is 895 g/mol. The van der Waals surface area contributed by atoms with E-state index in [1.165, 1.54) is 327 Å². The molecule has 0 radical (unpaired) electrons. The molecule has 0 aliphatic heterocycles. The van der Waals surface area contributed by atoms with Crippen molar-refractivity contribution in [3.05, 3.63) is 24.3 Å². The maximum atomic E-state index is 12.6. The summed E-state index contributed by atoms with van der Waals surface area (Å²) in [5, 5.41) is 33.6. The van der Waals surface area contributed by atoms with Crippen molar-refractivity contribution in [2.24, 2.45) is 0 Å². The number of hydrogen-bond donors (Lipinski definition) is 4. The smallest absolute Gasteiger partial charge is 0.222 e. The maximum absolute atomic E-state index is 12.6. The molecule has 0 saturated carbocycles. The van der Waals surface area contributed by atoms with Crippen molar-refractivity contribution >= 4 is 5.91 Å². The molecule has 434 valence electrons. The van der Waals surface area contributed by atoms with Crippen molar-refractivity contribution in [2.75, 3.05) is 6.61 Å². The monoisotopic (exact) mass is 1030 g/mol. The van der Waals surface area contributed by atoms with Crippen LogP contribution < -0.4 is 5.32 Å². The van der Waals surface area contributed by atoms with Crippen LogP contribution in [0.25, 0.3) is 0 Å². The van der Waals surface area contributed by atoms with E-state index in [0.717, 1.165) is 25.7 Å². The predicted molar refractivity (Wildman–Crippen MR) is 324 cm³/mol. The van der Waals surface area contributed by atoms with Gasteiger partial charge in [0.15, 0.2) is 0 Å². The Morgan fingerprint density at radius 1 is 0.342 bits per heavy atom. The van der Waals surface area contributed by atoms with Gasteiger partial charge >= 0.3 is 0 Å². The van der Waals surface area contributed by atoms with Crippen LogP contribution in [-0.2, 0) is 4.79 Å². The normalized spacial score (nSPS) is 13.2. The summed E-state index contributed by atoms with van der Waals surface area (Å²) in [6.45, 7) is 4.27. The first-order valence-electron chi connectivity index (χ1n) is 33.6. The second-order valence-corrected chi connectivity index (χ2v) is 23.4. The molecule has 0 bridgehead atoms. The first-order valence-corrected chi connectivity index (χ1v) is 33.6. The first-order chi connectivity index (χ1) is 36.0. The van der Waals surface area contributed by atoms with Crippen molar-refractivity contribution in [3.63, 3.8) is 0 Å². The van der Waals surface area contributed by atoms with Gasteiger partial charge in [-0.25, -0.2) is 0 Å². The Kier molecular flexibility index (Phi) is 62.3. The fraction of sp³-hybridized carbons (Fsp3) is 0.926. The van der Waals surface area contributed by atoms with E-state index >= 15 is 0 Å². The van der Waals surface area contributed by atoms with Crippen LogP contribution in [0.4, 0.5) is 0 Å². The Balaban J connectivity index is 3.49. The Bertz CT molecular complexity index is 1090. The average Bonchev–Trinajstić information content (AvgIpc) is 3.39. The number of aliphatic hydroxyl groups is 3. The highest BCUT2D eigenvalue weighted by Gasteiger charge is 2.20. The molecule has 0 saturated heterocycles.